The van der Waals surface area contributed by atoms with Gasteiger partial charge in [0.05, 0.1) is 10.5 Å². The van der Waals surface area contributed by atoms with Gasteiger partial charge in [0.2, 0.25) is 15.6 Å². The van der Waals surface area contributed by atoms with Crippen LogP contribution in [0.1, 0.15) is 49.0 Å². The number of nitrogens with one attached hydrogen (secondary N) is 2. The number of sulfonamides is 1. The smallest absolute Gasteiger partial charge is 0.252 e. The van der Waals surface area contributed by atoms with Crippen LogP contribution in [0, 0.1) is 12.8 Å². The molecule has 1 unspecified atom stereocenters. The van der Waals surface area contributed by atoms with Crippen molar-refractivity contribution in [2.45, 2.75) is 44.9 Å². The van der Waals surface area contributed by atoms with Gasteiger partial charge in [-0.3, -0.25) is 9.59 Å². The molecule has 3 aromatic rings. The summed E-state index contributed by atoms with van der Waals surface area (Å²) in [6, 6.07) is 14.1. The summed E-state index contributed by atoms with van der Waals surface area (Å²) in [4.78, 5) is 30.4. The molecule has 198 valence electrons. The standard InChI is InChI=1S/C28H36N4O4S/c1-4-31(22-10-5-8-20(2)16-22)14-7-13-29-28(34)25-18-27(33)30-26-12-11-23(17-24(25)26)37(35,36)32-15-6-9-21(3)19-32/h5,8,10-12,16-18,21H,4,6-7,9,13-15,19H2,1-3H3,(H,29,34)(H,30,33). The van der Waals surface area contributed by atoms with Crippen molar-refractivity contribution in [2.24, 2.45) is 5.92 Å². The molecule has 1 aliphatic rings. The molecule has 1 saturated heterocycles. The molecule has 1 aromatic heterocycles. The van der Waals surface area contributed by atoms with Gasteiger partial charge >= 0.3 is 0 Å². The summed E-state index contributed by atoms with van der Waals surface area (Å²) >= 11 is 0. The Balaban J connectivity index is 1.50. The summed E-state index contributed by atoms with van der Waals surface area (Å²) in [7, 11) is -3.70. The quantitative estimate of drug-likeness (QED) is 0.413. The van der Waals surface area contributed by atoms with Crippen LogP contribution in [0.2, 0.25) is 0 Å². The Bertz CT molecular complexity index is 1430. The number of carbonyl (C=O) groups is 1. The lowest BCUT2D eigenvalue weighted by molar-refractivity contribution is 0.0955. The maximum absolute atomic E-state index is 13.3. The monoisotopic (exact) mass is 524 g/mol. The Morgan fingerprint density at radius 2 is 2.00 bits per heavy atom. The maximum atomic E-state index is 13.3. The SMILES string of the molecule is CCN(CCCNC(=O)c1cc(=O)[nH]c2ccc(S(=O)(=O)N3CCCC(C)C3)cc12)c1cccc(C)c1. The molecule has 9 heteroatoms. The number of hydrogen-bond donors (Lipinski definition) is 2. The summed E-state index contributed by atoms with van der Waals surface area (Å²) in [5.74, 6) is -0.0907. The molecule has 0 spiro atoms. The van der Waals surface area contributed by atoms with Crippen molar-refractivity contribution in [3.63, 3.8) is 0 Å². The first-order valence-corrected chi connectivity index (χ1v) is 14.4. The van der Waals surface area contributed by atoms with Gasteiger partial charge in [-0.05, 0) is 74.9 Å². The number of piperidine rings is 1. The fourth-order valence-corrected chi connectivity index (χ4v) is 6.58. The van der Waals surface area contributed by atoms with Crippen LogP contribution in [-0.2, 0) is 10.0 Å². The molecule has 0 saturated carbocycles. The van der Waals surface area contributed by atoms with Gasteiger partial charge in [0.15, 0.2) is 0 Å². The van der Waals surface area contributed by atoms with Crippen molar-refractivity contribution in [3.05, 3.63) is 70.0 Å². The topological polar surface area (TPSA) is 103 Å². The van der Waals surface area contributed by atoms with Crippen LogP contribution in [0.25, 0.3) is 10.9 Å². The number of amides is 1. The molecule has 2 aromatic carbocycles. The number of aromatic nitrogens is 1. The van der Waals surface area contributed by atoms with Gasteiger partial charge in [-0.2, -0.15) is 4.31 Å². The van der Waals surface area contributed by atoms with Gasteiger partial charge in [0.1, 0.15) is 0 Å². The number of rotatable bonds is 9. The van der Waals surface area contributed by atoms with Gasteiger partial charge in [0, 0.05) is 55.4 Å². The number of fused-ring (bicyclic) bond motifs is 1. The Morgan fingerprint density at radius 3 is 2.73 bits per heavy atom. The number of aryl methyl sites for hydroxylation is 1. The summed E-state index contributed by atoms with van der Waals surface area (Å²) in [6.07, 6.45) is 2.56. The van der Waals surface area contributed by atoms with Gasteiger partial charge in [-0.25, -0.2) is 8.42 Å². The van der Waals surface area contributed by atoms with E-state index < -0.39 is 21.5 Å². The summed E-state index contributed by atoms with van der Waals surface area (Å²) < 4.78 is 28.1. The summed E-state index contributed by atoms with van der Waals surface area (Å²) in [5.41, 5.74) is 2.54. The molecule has 0 radical (unpaired) electrons. The number of anilines is 1. The van der Waals surface area contributed by atoms with Crippen molar-refractivity contribution in [1.29, 1.82) is 0 Å². The highest BCUT2D eigenvalue weighted by Gasteiger charge is 2.29. The second kappa shape index (κ2) is 11.5. The Kier molecular flexibility index (Phi) is 8.34. The molecule has 1 amide bonds. The minimum atomic E-state index is -3.70. The van der Waals surface area contributed by atoms with E-state index in [0.29, 0.717) is 36.5 Å². The Morgan fingerprint density at radius 1 is 1.19 bits per heavy atom. The van der Waals surface area contributed by atoms with Crippen LogP contribution >= 0.6 is 0 Å². The number of hydrogen-bond acceptors (Lipinski definition) is 5. The van der Waals surface area contributed by atoms with Crippen LogP contribution in [-0.4, -0.2) is 56.3 Å². The van der Waals surface area contributed by atoms with E-state index in [4.69, 9.17) is 0 Å². The highest BCUT2D eigenvalue weighted by atomic mass is 32.2. The normalized spacial score (nSPS) is 16.6. The van der Waals surface area contributed by atoms with Crippen molar-refractivity contribution in [1.82, 2.24) is 14.6 Å². The molecule has 1 aliphatic heterocycles. The highest BCUT2D eigenvalue weighted by Crippen LogP contribution is 2.26. The third-order valence-electron chi connectivity index (χ3n) is 6.96. The fraction of sp³-hybridized carbons (Fsp3) is 0.429. The molecule has 0 bridgehead atoms. The third kappa shape index (κ3) is 6.22. The molecule has 1 fully saturated rings. The van der Waals surface area contributed by atoms with E-state index in [2.05, 4.69) is 54.2 Å². The highest BCUT2D eigenvalue weighted by molar-refractivity contribution is 7.89. The van der Waals surface area contributed by atoms with E-state index in [0.717, 1.165) is 38.0 Å². The summed E-state index contributed by atoms with van der Waals surface area (Å²) in [6.45, 7) is 9.23. The lowest BCUT2D eigenvalue weighted by Crippen LogP contribution is -2.39. The molecule has 2 heterocycles. The number of H-pyrrole nitrogens is 1. The lowest BCUT2D eigenvalue weighted by Gasteiger charge is -2.30. The first kappa shape index (κ1) is 26.9. The van der Waals surface area contributed by atoms with E-state index in [1.165, 1.54) is 28.1 Å². The van der Waals surface area contributed by atoms with Crippen LogP contribution in [0.3, 0.4) is 0 Å². The van der Waals surface area contributed by atoms with Crippen molar-refractivity contribution >= 4 is 32.5 Å². The lowest BCUT2D eigenvalue weighted by atomic mass is 10.0. The fourth-order valence-electron chi connectivity index (χ4n) is 4.96. The van der Waals surface area contributed by atoms with Crippen LogP contribution in [0.5, 0.6) is 0 Å². The summed E-state index contributed by atoms with van der Waals surface area (Å²) in [5, 5.41) is 3.32. The number of carbonyl (C=O) groups excluding carboxylic acids is 1. The number of nitrogens with zero attached hydrogens (tertiary/aromatic N) is 2. The van der Waals surface area contributed by atoms with Gasteiger partial charge in [-0.15, -0.1) is 0 Å². The van der Waals surface area contributed by atoms with Crippen LogP contribution < -0.4 is 15.8 Å². The van der Waals surface area contributed by atoms with Gasteiger partial charge < -0.3 is 15.2 Å². The Labute approximate surface area is 218 Å². The minimum absolute atomic E-state index is 0.131. The van der Waals surface area contributed by atoms with Crippen molar-refractivity contribution < 1.29 is 13.2 Å². The molecule has 4 rings (SSSR count). The predicted octanol–water partition coefficient (Wildman–Crippen LogP) is 3.90. The van der Waals surface area contributed by atoms with Crippen LogP contribution in [0.4, 0.5) is 5.69 Å². The average molecular weight is 525 g/mol. The zero-order valence-corrected chi connectivity index (χ0v) is 22.6. The van der Waals surface area contributed by atoms with Gasteiger partial charge in [-0.1, -0.05) is 19.1 Å². The number of pyridine rings is 1. The molecular formula is C28H36N4O4S. The van der Waals surface area contributed by atoms with Crippen molar-refractivity contribution in [3.8, 4) is 0 Å². The zero-order valence-electron chi connectivity index (χ0n) is 21.8. The van der Waals surface area contributed by atoms with E-state index in [1.807, 2.05) is 6.07 Å². The van der Waals surface area contributed by atoms with Crippen LogP contribution in [0.15, 0.2) is 58.2 Å². The Hall–Kier alpha value is -3.17. The molecule has 37 heavy (non-hydrogen) atoms. The van der Waals surface area contributed by atoms with E-state index >= 15 is 0 Å². The number of benzene rings is 2. The van der Waals surface area contributed by atoms with E-state index in [-0.39, 0.29) is 10.5 Å². The third-order valence-corrected chi connectivity index (χ3v) is 8.82. The molecule has 0 aliphatic carbocycles. The second-order valence-corrected chi connectivity index (χ2v) is 11.8. The number of aromatic amines is 1. The molecule has 1 atom stereocenters. The second-order valence-electron chi connectivity index (χ2n) is 9.89. The predicted molar refractivity (Wildman–Crippen MR) is 148 cm³/mol. The molecule has 8 nitrogen and oxygen atoms in total. The first-order chi connectivity index (χ1) is 17.7. The zero-order chi connectivity index (χ0) is 26.6. The minimum Gasteiger partial charge on any atom is -0.372 e. The maximum Gasteiger partial charge on any atom is 0.252 e. The van der Waals surface area contributed by atoms with Gasteiger partial charge in [0.25, 0.3) is 5.91 Å². The van der Waals surface area contributed by atoms with E-state index in [9.17, 15) is 18.0 Å². The largest absolute Gasteiger partial charge is 0.372 e. The first-order valence-electron chi connectivity index (χ1n) is 13.0. The molecule has 2 N–H and O–H groups in total. The van der Waals surface area contributed by atoms with E-state index in [1.54, 1.807) is 6.07 Å². The van der Waals surface area contributed by atoms with Crippen molar-refractivity contribution in [2.75, 3.05) is 37.6 Å². The average Bonchev–Trinajstić information content (AvgIpc) is 2.87. The molecular weight excluding hydrogens is 488 g/mol.